The monoisotopic (exact) mass is 369 g/mol. The van der Waals surface area contributed by atoms with Crippen LogP contribution < -0.4 is 4.74 Å². The first-order valence-corrected chi connectivity index (χ1v) is 9.36. The molecule has 128 valence electrons. The first-order chi connectivity index (χ1) is 11.4. The lowest BCUT2D eigenvalue weighted by Crippen LogP contribution is -2.30. The highest BCUT2D eigenvalue weighted by atomic mass is 35.5. The third kappa shape index (κ3) is 3.14. The summed E-state index contributed by atoms with van der Waals surface area (Å²) in [7, 11) is -2.26. The van der Waals surface area contributed by atoms with Gasteiger partial charge in [-0.25, -0.2) is 12.8 Å². The Hall–Kier alpha value is -1.63. The molecule has 0 saturated carbocycles. The van der Waals surface area contributed by atoms with Gasteiger partial charge < -0.3 is 4.74 Å². The molecule has 1 saturated heterocycles. The molecular formula is C17H17ClFNO3S. The molecule has 0 radical (unpaired) electrons. The minimum atomic E-state index is -3.73. The molecular weight excluding hydrogens is 353 g/mol. The second kappa shape index (κ2) is 6.70. The van der Waals surface area contributed by atoms with E-state index in [1.807, 2.05) is 0 Å². The first kappa shape index (κ1) is 17.2. The number of hydrogen-bond acceptors (Lipinski definition) is 3. The highest BCUT2D eigenvalue weighted by Crippen LogP contribution is 2.38. The molecule has 1 aliphatic heterocycles. The van der Waals surface area contributed by atoms with Gasteiger partial charge in [-0.1, -0.05) is 23.7 Å². The Bertz CT molecular complexity index is 857. The van der Waals surface area contributed by atoms with Crippen molar-refractivity contribution in [2.24, 2.45) is 0 Å². The SMILES string of the molecule is COc1ccc(S(=O)(=O)N2CCC[C@@H]2c2cccc(F)c2)cc1Cl. The summed E-state index contributed by atoms with van der Waals surface area (Å²) in [6.07, 6.45) is 1.39. The van der Waals surface area contributed by atoms with Crippen LogP contribution in [-0.4, -0.2) is 26.4 Å². The van der Waals surface area contributed by atoms with E-state index in [0.29, 0.717) is 24.3 Å². The molecule has 0 amide bonds. The lowest BCUT2D eigenvalue weighted by molar-refractivity contribution is 0.395. The van der Waals surface area contributed by atoms with E-state index in [2.05, 4.69) is 0 Å². The lowest BCUT2D eigenvalue weighted by atomic mass is 10.1. The van der Waals surface area contributed by atoms with E-state index in [9.17, 15) is 12.8 Å². The predicted molar refractivity (Wildman–Crippen MR) is 90.3 cm³/mol. The number of halogens is 2. The number of methoxy groups -OCH3 is 1. The van der Waals surface area contributed by atoms with Gasteiger partial charge in [0, 0.05) is 6.54 Å². The van der Waals surface area contributed by atoms with Gasteiger partial charge in [0.1, 0.15) is 11.6 Å². The molecule has 4 nitrogen and oxygen atoms in total. The molecule has 1 aliphatic rings. The molecule has 2 aromatic rings. The summed E-state index contributed by atoms with van der Waals surface area (Å²) < 4.78 is 46.0. The number of benzene rings is 2. The minimum absolute atomic E-state index is 0.108. The maximum Gasteiger partial charge on any atom is 0.243 e. The summed E-state index contributed by atoms with van der Waals surface area (Å²) in [4.78, 5) is 0.108. The van der Waals surface area contributed by atoms with Crippen LogP contribution in [-0.2, 0) is 10.0 Å². The normalized spacial score (nSPS) is 18.7. The van der Waals surface area contributed by atoms with Crippen molar-refractivity contribution in [3.8, 4) is 5.75 Å². The van der Waals surface area contributed by atoms with Crippen molar-refractivity contribution in [3.05, 3.63) is 58.9 Å². The smallest absolute Gasteiger partial charge is 0.243 e. The van der Waals surface area contributed by atoms with E-state index in [1.54, 1.807) is 12.1 Å². The van der Waals surface area contributed by atoms with Crippen LogP contribution in [0.1, 0.15) is 24.4 Å². The van der Waals surface area contributed by atoms with Gasteiger partial charge in [0.05, 0.1) is 23.1 Å². The summed E-state index contributed by atoms with van der Waals surface area (Å²) >= 11 is 6.06. The number of nitrogens with zero attached hydrogens (tertiary/aromatic N) is 1. The van der Waals surface area contributed by atoms with Crippen molar-refractivity contribution >= 4 is 21.6 Å². The second-order valence-electron chi connectivity index (χ2n) is 5.63. The maximum atomic E-state index is 13.5. The van der Waals surface area contributed by atoms with E-state index in [1.165, 1.54) is 41.7 Å². The van der Waals surface area contributed by atoms with Crippen molar-refractivity contribution in [3.63, 3.8) is 0 Å². The van der Waals surface area contributed by atoms with Gasteiger partial charge in [0.25, 0.3) is 0 Å². The van der Waals surface area contributed by atoms with Gasteiger partial charge >= 0.3 is 0 Å². The lowest BCUT2D eigenvalue weighted by Gasteiger charge is -2.24. The molecule has 0 bridgehead atoms. The van der Waals surface area contributed by atoms with Crippen LogP contribution in [0.4, 0.5) is 4.39 Å². The fraction of sp³-hybridized carbons (Fsp3) is 0.294. The molecule has 3 rings (SSSR count). The number of ether oxygens (including phenoxy) is 1. The van der Waals surface area contributed by atoms with Gasteiger partial charge in [0.2, 0.25) is 10.0 Å². The topological polar surface area (TPSA) is 46.6 Å². The quantitative estimate of drug-likeness (QED) is 0.817. The van der Waals surface area contributed by atoms with Crippen molar-refractivity contribution in [2.45, 2.75) is 23.8 Å². The zero-order valence-electron chi connectivity index (χ0n) is 13.1. The molecule has 0 N–H and O–H groups in total. The van der Waals surface area contributed by atoms with Crippen molar-refractivity contribution < 1.29 is 17.5 Å². The van der Waals surface area contributed by atoms with E-state index in [-0.39, 0.29) is 21.8 Å². The van der Waals surface area contributed by atoms with Crippen LogP contribution in [0.3, 0.4) is 0 Å². The Morgan fingerprint density at radius 1 is 1.25 bits per heavy atom. The predicted octanol–water partition coefficient (Wildman–Crippen LogP) is 4.01. The van der Waals surface area contributed by atoms with E-state index in [0.717, 1.165) is 6.42 Å². The summed E-state index contributed by atoms with van der Waals surface area (Å²) in [5.74, 6) is 0.0444. The molecule has 0 spiro atoms. The maximum absolute atomic E-state index is 13.5. The molecule has 1 heterocycles. The van der Waals surface area contributed by atoms with Crippen LogP contribution >= 0.6 is 11.6 Å². The Balaban J connectivity index is 1.98. The largest absolute Gasteiger partial charge is 0.495 e. The summed E-state index contributed by atoms with van der Waals surface area (Å²) in [6.45, 7) is 0.396. The highest BCUT2D eigenvalue weighted by molar-refractivity contribution is 7.89. The second-order valence-corrected chi connectivity index (χ2v) is 7.92. The first-order valence-electron chi connectivity index (χ1n) is 7.54. The van der Waals surface area contributed by atoms with E-state index >= 15 is 0 Å². The average molecular weight is 370 g/mol. The summed E-state index contributed by atoms with van der Waals surface area (Å²) in [5, 5.41) is 0.236. The van der Waals surface area contributed by atoms with Crippen LogP contribution in [0, 0.1) is 5.82 Å². The van der Waals surface area contributed by atoms with Crippen LogP contribution in [0.5, 0.6) is 5.75 Å². The van der Waals surface area contributed by atoms with E-state index < -0.39 is 10.0 Å². The molecule has 1 fully saturated rings. The van der Waals surface area contributed by atoms with Crippen molar-refractivity contribution in [2.75, 3.05) is 13.7 Å². The third-order valence-corrected chi connectivity index (χ3v) is 6.37. The highest BCUT2D eigenvalue weighted by Gasteiger charge is 2.36. The molecule has 0 aliphatic carbocycles. The zero-order chi connectivity index (χ0) is 17.3. The molecule has 24 heavy (non-hydrogen) atoms. The van der Waals surface area contributed by atoms with Gasteiger partial charge in [-0.3, -0.25) is 0 Å². The fourth-order valence-electron chi connectivity index (χ4n) is 3.02. The van der Waals surface area contributed by atoms with Crippen molar-refractivity contribution in [1.82, 2.24) is 4.31 Å². The Morgan fingerprint density at radius 3 is 2.71 bits per heavy atom. The summed E-state index contributed by atoms with van der Waals surface area (Å²) in [6, 6.07) is 10.1. The number of sulfonamides is 1. The Kier molecular flexibility index (Phi) is 4.80. The van der Waals surface area contributed by atoms with Crippen LogP contribution in [0.25, 0.3) is 0 Å². The molecule has 2 aromatic carbocycles. The minimum Gasteiger partial charge on any atom is -0.495 e. The van der Waals surface area contributed by atoms with Crippen LogP contribution in [0.2, 0.25) is 5.02 Å². The molecule has 7 heteroatoms. The molecule has 0 aromatic heterocycles. The van der Waals surface area contributed by atoms with Crippen LogP contribution in [0.15, 0.2) is 47.4 Å². The van der Waals surface area contributed by atoms with Gasteiger partial charge in [-0.2, -0.15) is 4.31 Å². The number of rotatable bonds is 4. The molecule has 1 atom stereocenters. The Labute approximate surface area is 145 Å². The zero-order valence-corrected chi connectivity index (χ0v) is 14.6. The molecule has 0 unspecified atom stereocenters. The standard InChI is InChI=1S/C17H17ClFNO3S/c1-23-17-8-7-14(11-15(17)18)24(21,22)20-9-3-6-16(20)12-4-2-5-13(19)10-12/h2,4-5,7-8,10-11,16H,3,6,9H2,1H3/t16-/m1/s1. The Morgan fingerprint density at radius 2 is 2.04 bits per heavy atom. The van der Waals surface area contributed by atoms with Gasteiger partial charge in [0.15, 0.2) is 0 Å². The van der Waals surface area contributed by atoms with Gasteiger partial charge in [-0.15, -0.1) is 0 Å². The van der Waals surface area contributed by atoms with E-state index in [4.69, 9.17) is 16.3 Å². The van der Waals surface area contributed by atoms with Gasteiger partial charge in [-0.05, 0) is 48.7 Å². The van der Waals surface area contributed by atoms with Crippen molar-refractivity contribution in [1.29, 1.82) is 0 Å². The average Bonchev–Trinajstić information content (AvgIpc) is 3.05. The summed E-state index contributed by atoms with van der Waals surface area (Å²) in [5.41, 5.74) is 0.663. The number of hydrogen-bond donors (Lipinski definition) is 0. The fourth-order valence-corrected chi connectivity index (χ4v) is 5.05. The third-order valence-electron chi connectivity index (χ3n) is 4.17.